The third kappa shape index (κ3) is 2.87. The number of rotatable bonds is 5. The number of carbonyl (C=O) groups is 1. The molecule has 0 aliphatic carbocycles. The van der Waals surface area contributed by atoms with Crippen LogP contribution in [0.15, 0.2) is 30.6 Å². The summed E-state index contributed by atoms with van der Waals surface area (Å²) >= 11 is 0. The Balaban J connectivity index is 1.96. The fraction of sp³-hybridized carbons (Fsp3) is 0.385. The molecule has 1 amide bonds. The Morgan fingerprint density at radius 2 is 2.39 bits per heavy atom. The molecule has 0 radical (unpaired) electrons. The van der Waals surface area contributed by atoms with E-state index in [-0.39, 0.29) is 12.0 Å². The molecule has 0 saturated carbocycles. The number of nitrogens with zero attached hydrogens (tertiary/aromatic N) is 2. The van der Waals surface area contributed by atoms with E-state index < -0.39 is 0 Å². The van der Waals surface area contributed by atoms with Gasteiger partial charge in [-0.25, -0.2) is 4.98 Å². The van der Waals surface area contributed by atoms with Gasteiger partial charge in [0.05, 0.1) is 6.10 Å². The van der Waals surface area contributed by atoms with Crippen molar-refractivity contribution in [3.8, 4) is 0 Å². The van der Waals surface area contributed by atoms with Crippen LogP contribution >= 0.6 is 0 Å². The van der Waals surface area contributed by atoms with Crippen molar-refractivity contribution in [1.82, 2.24) is 14.7 Å². The van der Waals surface area contributed by atoms with Gasteiger partial charge in [0.25, 0.3) is 5.91 Å². The largest absolute Gasteiger partial charge is 0.393 e. The topological polar surface area (TPSA) is 66.6 Å². The molecular formula is C13H17N3O2. The molecule has 96 valence electrons. The van der Waals surface area contributed by atoms with Crippen LogP contribution < -0.4 is 5.32 Å². The SMILES string of the molecule is CCC(O)CCNC(=O)c1cn2ccccc2n1. The quantitative estimate of drug-likeness (QED) is 0.835. The summed E-state index contributed by atoms with van der Waals surface area (Å²) < 4.78 is 1.80. The van der Waals surface area contributed by atoms with Gasteiger partial charge in [0.1, 0.15) is 11.3 Å². The van der Waals surface area contributed by atoms with Gasteiger partial charge in [-0.15, -0.1) is 0 Å². The fourth-order valence-corrected chi connectivity index (χ4v) is 1.69. The number of pyridine rings is 1. The number of imidazole rings is 1. The molecule has 1 atom stereocenters. The van der Waals surface area contributed by atoms with E-state index in [1.54, 1.807) is 10.6 Å². The van der Waals surface area contributed by atoms with E-state index >= 15 is 0 Å². The first-order valence-corrected chi connectivity index (χ1v) is 6.10. The standard InChI is InChI=1S/C13H17N3O2/c1-2-10(17)6-7-14-13(18)11-9-16-8-4-3-5-12(16)15-11/h3-5,8-10,17H,2,6-7H2,1H3,(H,14,18). The van der Waals surface area contributed by atoms with Crippen LogP contribution in [0, 0.1) is 0 Å². The van der Waals surface area contributed by atoms with E-state index in [1.165, 1.54) is 0 Å². The van der Waals surface area contributed by atoms with Crippen molar-refractivity contribution >= 4 is 11.6 Å². The summed E-state index contributed by atoms with van der Waals surface area (Å²) in [6.07, 6.45) is 4.45. The summed E-state index contributed by atoms with van der Waals surface area (Å²) in [6, 6.07) is 5.60. The number of aliphatic hydroxyl groups is 1. The van der Waals surface area contributed by atoms with Gasteiger partial charge >= 0.3 is 0 Å². The van der Waals surface area contributed by atoms with E-state index in [0.29, 0.717) is 25.1 Å². The number of hydrogen-bond acceptors (Lipinski definition) is 3. The van der Waals surface area contributed by atoms with Crippen molar-refractivity contribution in [3.05, 3.63) is 36.3 Å². The van der Waals surface area contributed by atoms with Crippen molar-refractivity contribution in [2.75, 3.05) is 6.54 Å². The molecule has 2 heterocycles. The lowest BCUT2D eigenvalue weighted by molar-refractivity contribution is 0.0937. The zero-order valence-electron chi connectivity index (χ0n) is 10.3. The number of amides is 1. The normalized spacial score (nSPS) is 12.6. The zero-order chi connectivity index (χ0) is 13.0. The molecule has 0 aliphatic rings. The second kappa shape index (κ2) is 5.64. The van der Waals surface area contributed by atoms with E-state index in [9.17, 15) is 9.90 Å². The number of aromatic nitrogens is 2. The minimum absolute atomic E-state index is 0.206. The Labute approximate surface area is 105 Å². The molecule has 5 heteroatoms. The van der Waals surface area contributed by atoms with Gasteiger partial charge in [0.15, 0.2) is 0 Å². The average molecular weight is 247 g/mol. The lowest BCUT2D eigenvalue weighted by Crippen LogP contribution is -2.27. The number of fused-ring (bicyclic) bond motifs is 1. The summed E-state index contributed by atoms with van der Waals surface area (Å²) in [5, 5.41) is 12.1. The number of aliphatic hydroxyl groups excluding tert-OH is 1. The molecule has 0 aliphatic heterocycles. The Morgan fingerprint density at radius 3 is 3.11 bits per heavy atom. The van der Waals surface area contributed by atoms with Crippen LogP contribution in [0.5, 0.6) is 0 Å². The third-order valence-electron chi connectivity index (χ3n) is 2.83. The monoisotopic (exact) mass is 247 g/mol. The van der Waals surface area contributed by atoms with E-state index in [2.05, 4.69) is 10.3 Å². The number of nitrogens with one attached hydrogen (secondary N) is 1. The Morgan fingerprint density at radius 1 is 1.56 bits per heavy atom. The smallest absolute Gasteiger partial charge is 0.271 e. The van der Waals surface area contributed by atoms with Crippen molar-refractivity contribution in [1.29, 1.82) is 0 Å². The van der Waals surface area contributed by atoms with E-state index in [1.807, 2.05) is 31.3 Å². The molecule has 0 spiro atoms. The van der Waals surface area contributed by atoms with E-state index in [4.69, 9.17) is 0 Å². The van der Waals surface area contributed by atoms with Gasteiger partial charge in [-0.3, -0.25) is 4.79 Å². The van der Waals surface area contributed by atoms with Gasteiger partial charge in [-0.2, -0.15) is 0 Å². The van der Waals surface area contributed by atoms with Gasteiger partial charge in [0.2, 0.25) is 0 Å². The molecule has 0 saturated heterocycles. The molecule has 1 unspecified atom stereocenters. The predicted octanol–water partition coefficient (Wildman–Crippen LogP) is 1.23. The Hall–Kier alpha value is -1.88. The van der Waals surface area contributed by atoms with Crippen LogP contribution in [-0.4, -0.2) is 33.0 Å². The van der Waals surface area contributed by atoms with Crippen molar-refractivity contribution in [3.63, 3.8) is 0 Å². The second-order valence-corrected chi connectivity index (χ2v) is 4.20. The summed E-state index contributed by atoms with van der Waals surface area (Å²) in [4.78, 5) is 16.0. The van der Waals surface area contributed by atoms with Crippen molar-refractivity contribution in [2.45, 2.75) is 25.9 Å². The fourth-order valence-electron chi connectivity index (χ4n) is 1.69. The van der Waals surface area contributed by atoms with Crippen molar-refractivity contribution < 1.29 is 9.90 Å². The maximum atomic E-state index is 11.8. The number of carbonyl (C=O) groups excluding carboxylic acids is 1. The van der Waals surface area contributed by atoms with Crippen LogP contribution in [0.4, 0.5) is 0 Å². The van der Waals surface area contributed by atoms with Crippen LogP contribution in [0.3, 0.4) is 0 Å². The highest BCUT2D eigenvalue weighted by molar-refractivity contribution is 5.92. The van der Waals surface area contributed by atoms with Crippen LogP contribution in [-0.2, 0) is 0 Å². The molecule has 0 fully saturated rings. The van der Waals surface area contributed by atoms with Crippen LogP contribution in [0.2, 0.25) is 0 Å². The summed E-state index contributed by atoms with van der Waals surface area (Å²) in [5.41, 5.74) is 1.14. The highest BCUT2D eigenvalue weighted by Crippen LogP contribution is 2.04. The van der Waals surface area contributed by atoms with Crippen LogP contribution in [0.1, 0.15) is 30.3 Å². The first-order valence-electron chi connectivity index (χ1n) is 6.10. The first kappa shape index (κ1) is 12.6. The minimum atomic E-state index is -0.355. The first-order chi connectivity index (χ1) is 8.70. The van der Waals surface area contributed by atoms with Gasteiger partial charge in [-0.1, -0.05) is 13.0 Å². The Bertz CT molecular complexity index is 503. The highest BCUT2D eigenvalue weighted by atomic mass is 16.3. The second-order valence-electron chi connectivity index (χ2n) is 4.20. The number of hydrogen-bond donors (Lipinski definition) is 2. The minimum Gasteiger partial charge on any atom is -0.393 e. The van der Waals surface area contributed by atoms with Gasteiger partial charge < -0.3 is 14.8 Å². The molecular weight excluding hydrogens is 230 g/mol. The summed E-state index contributed by atoms with van der Waals surface area (Å²) in [7, 11) is 0. The summed E-state index contributed by atoms with van der Waals surface area (Å²) in [6.45, 7) is 2.37. The molecule has 2 aromatic heterocycles. The molecule has 18 heavy (non-hydrogen) atoms. The van der Waals surface area contributed by atoms with E-state index in [0.717, 1.165) is 5.65 Å². The summed E-state index contributed by atoms with van der Waals surface area (Å²) in [5.74, 6) is -0.206. The maximum absolute atomic E-state index is 11.8. The zero-order valence-corrected chi connectivity index (χ0v) is 10.3. The van der Waals surface area contributed by atoms with Gasteiger partial charge in [0, 0.05) is 18.9 Å². The molecule has 0 bridgehead atoms. The van der Waals surface area contributed by atoms with Crippen LogP contribution in [0.25, 0.3) is 5.65 Å². The lowest BCUT2D eigenvalue weighted by atomic mass is 10.2. The molecule has 2 N–H and O–H groups in total. The lowest BCUT2D eigenvalue weighted by Gasteiger charge is -2.07. The molecule has 2 rings (SSSR count). The highest BCUT2D eigenvalue weighted by Gasteiger charge is 2.10. The third-order valence-corrected chi connectivity index (χ3v) is 2.83. The van der Waals surface area contributed by atoms with Crippen molar-refractivity contribution in [2.24, 2.45) is 0 Å². The molecule has 2 aromatic rings. The predicted molar refractivity (Wildman–Crippen MR) is 68.4 cm³/mol. The average Bonchev–Trinajstić information content (AvgIpc) is 2.82. The molecule has 0 aromatic carbocycles. The Kier molecular flexibility index (Phi) is 3.94. The maximum Gasteiger partial charge on any atom is 0.271 e. The van der Waals surface area contributed by atoms with Gasteiger partial charge in [-0.05, 0) is 25.0 Å². The molecule has 5 nitrogen and oxygen atoms in total.